The van der Waals surface area contributed by atoms with Gasteiger partial charge in [0.2, 0.25) is 0 Å². The molecular weight excluding hydrogens is 459 g/mol. The first-order valence-electron chi connectivity index (χ1n) is 10.9. The number of ether oxygens (including phenoxy) is 1. The van der Waals surface area contributed by atoms with Crippen LogP contribution in [-0.2, 0) is 11.3 Å². The molecule has 8 nitrogen and oxygen atoms in total. The van der Waals surface area contributed by atoms with Crippen molar-refractivity contribution in [3.05, 3.63) is 77.2 Å². The summed E-state index contributed by atoms with van der Waals surface area (Å²) in [5.74, 6) is 0.0737. The first-order chi connectivity index (χ1) is 16.5. The average Bonchev–Trinajstić information content (AvgIpc) is 3.58. The normalized spacial score (nSPS) is 15.6. The number of hydrogen-bond acceptors (Lipinski definition) is 5. The predicted octanol–water partition coefficient (Wildman–Crippen LogP) is 4.52. The summed E-state index contributed by atoms with van der Waals surface area (Å²) in [5, 5.41) is 11.8. The Morgan fingerprint density at radius 2 is 2.03 bits per heavy atom. The van der Waals surface area contributed by atoms with Gasteiger partial charge in [0.15, 0.2) is 0 Å². The van der Waals surface area contributed by atoms with Crippen molar-refractivity contribution in [2.24, 2.45) is 5.92 Å². The molecule has 34 heavy (non-hydrogen) atoms. The lowest BCUT2D eigenvalue weighted by atomic mass is 10.1. The van der Waals surface area contributed by atoms with Crippen LogP contribution in [0.4, 0.5) is 10.2 Å². The van der Waals surface area contributed by atoms with E-state index in [1.807, 2.05) is 19.2 Å². The van der Waals surface area contributed by atoms with Crippen molar-refractivity contribution in [2.75, 3.05) is 18.5 Å². The molecule has 1 saturated heterocycles. The van der Waals surface area contributed by atoms with Crippen LogP contribution in [0.1, 0.15) is 22.5 Å². The Kier molecular flexibility index (Phi) is 6.12. The number of anilines is 1. The Labute approximate surface area is 200 Å². The maximum Gasteiger partial charge on any atom is 0.276 e. The minimum atomic E-state index is -0.367. The fourth-order valence-electron chi connectivity index (χ4n) is 3.94. The zero-order valence-electron chi connectivity index (χ0n) is 18.4. The van der Waals surface area contributed by atoms with Gasteiger partial charge in [-0.25, -0.2) is 14.1 Å². The van der Waals surface area contributed by atoms with Gasteiger partial charge in [-0.3, -0.25) is 9.48 Å². The van der Waals surface area contributed by atoms with Crippen LogP contribution in [0.5, 0.6) is 0 Å². The molecule has 0 radical (unpaired) electrons. The number of aromatic nitrogens is 5. The zero-order valence-corrected chi connectivity index (χ0v) is 19.2. The number of aryl methyl sites for hydroxylation is 1. The maximum atomic E-state index is 13.2. The molecule has 1 atom stereocenters. The van der Waals surface area contributed by atoms with Crippen molar-refractivity contribution in [3.8, 4) is 16.8 Å². The third-order valence-electron chi connectivity index (χ3n) is 5.78. The van der Waals surface area contributed by atoms with Crippen molar-refractivity contribution in [2.45, 2.75) is 19.9 Å². The van der Waals surface area contributed by atoms with Crippen LogP contribution in [0.2, 0.25) is 5.02 Å². The Morgan fingerprint density at radius 1 is 1.21 bits per heavy atom. The molecule has 10 heteroatoms. The first kappa shape index (κ1) is 22.2. The molecule has 174 valence electrons. The molecule has 0 unspecified atom stereocenters. The summed E-state index contributed by atoms with van der Waals surface area (Å²) in [6, 6.07) is 8.01. The fraction of sp³-hybridized carbons (Fsp3) is 0.250. The lowest BCUT2D eigenvalue weighted by Crippen LogP contribution is -2.22. The van der Waals surface area contributed by atoms with Crippen LogP contribution in [0.25, 0.3) is 16.8 Å². The number of benzene rings is 1. The average molecular weight is 481 g/mol. The van der Waals surface area contributed by atoms with Gasteiger partial charge in [0.1, 0.15) is 17.3 Å². The third kappa shape index (κ3) is 4.57. The Morgan fingerprint density at radius 3 is 2.76 bits per heavy atom. The summed E-state index contributed by atoms with van der Waals surface area (Å²) in [5.41, 5.74) is 3.52. The quantitative estimate of drug-likeness (QED) is 0.438. The minimum absolute atomic E-state index is 0.291. The molecule has 0 aliphatic carbocycles. The van der Waals surface area contributed by atoms with E-state index >= 15 is 0 Å². The Hall–Kier alpha value is -3.56. The lowest BCUT2D eigenvalue weighted by Gasteiger charge is -2.13. The third-order valence-corrected chi connectivity index (χ3v) is 6.06. The lowest BCUT2D eigenvalue weighted by molar-refractivity contribution is 0.101. The molecule has 0 bridgehead atoms. The number of rotatable bonds is 6. The second kappa shape index (κ2) is 9.36. The number of nitrogens with zero attached hydrogens (tertiary/aromatic N) is 5. The molecule has 1 fully saturated rings. The van der Waals surface area contributed by atoms with Gasteiger partial charge in [-0.1, -0.05) is 11.6 Å². The molecule has 3 aromatic heterocycles. The van der Waals surface area contributed by atoms with E-state index in [9.17, 15) is 9.18 Å². The van der Waals surface area contributed by atoms with E-state index < -0.39 is 0 Å². The van der Waals surface area contributed by atoms with Crippen LogP contribution >= 0.6 is 11.6 Å². The summed E-state index contributed by atoms with van der Waals surface area (Å²) in [7, 11) is 0. The molecule has 1 aliphatic heterocycles. The number of carbonyl (C=O) groups is 1. The highest BCUT2D eigenvalue weighted by molar-refractivity contribution is 6.34. The van der Waals surface area contributed by atoms with E-state index in [4.69, 9.17) is 16.3 Å². The van der Waals surface area contributed by atoms with Crippen LogP contribution in [-0.4, -0.2) is 43.7 Å². The zero-order chi connectivity index (χ0) is 23.7. The molecule has 1 aliphatic rings. The summed E-state index contributed by atoms with van der Waals surface area (Å²) in [4.78, 5) is 17.5. The van der Waals surface area contributed by atoms with E-state index in [2.05, 4.69) is 20.5 Å². The van der Waals surface area contributed by atoms with E-state index in [-0.39, 0.29) is 11.7 Å². The standard InChI is InChI=1S/C24H22ClFN6O2/c1-15-8-17(18-10-28-31(13-18)20-4-2-19(26)3-5-20)9-27-23(15)30-24(33)22-21(25)11-29-32(22)12-16-6-7-34-14-16/h2-5,8-11,13,16H,6-7,12,14H2,1H3,(H,27,30,33)/t16-/m0/s1. The van der Waals surface area contributed by atoms with E-state index in [0.29, 0.717) is 35.6 Å². The second-order valence-electron chi connectivity index (χ2n) is 8.25. The highest BCUT2D eigenvalue weighted by Gasteiger charge is 2.23. The van der Waals surface area contributed by atoms with Crippen LogP contribution in [0, 0.1) is 18.7 Å². The minimum Gasteiger partial charge on any atom is -0.381 e. The Balaban J connectivity index is 1.33. The van der Waals surface area contributed by atoms with E-state index in [1.54, 1.807) is 33.9 Å². The summed E-state index contributed by atoms with van der Waals surface area (Å²) in [6.45, 7) is 3.81. The van der Waals surface area contributed by atoms with Gasteiger partial charge >= 0.3 is 0 Å². The Bertz CT molecular complexity index is 1330. The predicted molar refractivity (Wildman–Crippen MR) is 126 cm³/mol. The number of pyridine rings is 1. The van der Waals surface area contributed by atoms with Crippen LogP contribution < -0.4 is 5.32 Å². The molecular formula is C24H22ClFN6O2. The number of nitrogens with one attached hydrogen (secondary N) is 1. The number of halogens is 2. The van der Waals surface area contributed by atoms with Crippen molar-refractivity contribution in [1.82, 2.24) is 24.5 Å². The number of carbonyl (C=O) groups excluding carboxylic acids is 1. The van der Waals surface area contributed by atoms with Gasteiger partial charge in [0.05, 0.1) is 29.7 Å². The topological polar surface area (TPSA) is 86.9 Å². The van der Waals surface area contributed by atoms with Crippen molar-refractivity contribution in [1.29, 1.82) is 0 Å². The van der Waals surface area contributed by atoms with Crippen molar-refractivity contribution in [3.63, 3.8) is 0 Å². The van der Waals surface area contributed by atoms with Crippen LogP contribution in [0.15, 0.2) is 55.1 Å². The van der Waals surface area contributed by atoms with E-state index in [0.717, 1.165) is 35.4 Å². The second-order valence-corrected chi connectivity index (χ2v) is 8.65. The van der Waals surface area contributed by atoms with Gasteiger partial charge in [-0.15, -0.1) is 0 Å². The van der Waals surface area contributed by atoms with Gasteiger partial charge in [-0.2, -0.15) is 10.2 Å². The SMILES string of the molecule is Cc1cc(-c2cnn(-c3ccc(F)cc3)c2)cnc1NC(=O)c1c(Cl)cnn1C[C@@H]1CCOC1. The fourth-order valence-corrected chi connectivity index (χ4v) is 4.16. The summed E-state index contributed by atoms with van der Waals surface area (Å²) < 4.78 is 21.9. The van der Waals surface area contributed by atoms with Gasteiger partial charge in [0.25, 0.3) is 5.91 Å². The van der Waals surface area contributed by atoms with Gasteiger partial charge in [-0.05, 0) is 49.2 Å². The molecule has 1 aromatic carbocycles. The van der Waals surface area contributed by atoms with Crippen molar-refractivity contribution >= 4 is 23.3 Å². The summed E-state index contributed by atoms with van der Waals surface area (Å²) in [6.07, 6.45) is 7.63. The largest absolute Gasteiger partial charge is 0.381 e. The highest BCUT2D eigenvalue weighted by Crippen LogP contribution is 2.25. The van der Waals surface area contributed by atoms with Crippen molar-refractivity contribution < 1.29 is 13.9 Å². The molecule has 1 amide bonds. The van der Waals surface area contributed by atoms with E-state index in [1.165, 1.54) is 18.3 Å². The molecule has 0 saturated carbocycles. The first-order valence-corrected chi connectivity index (χ1v) is 11.2. The molecule has 4 heterocycles. The van der Waals surface area contributed by atoms with Crippen LogP contribution in [0.3, 0.4) is 0 Å². The number of hydrogen-bond donors (Lipinski definition) is 1. The smallest absolute Gasteiger partial charge is 0.276 e. The number of amides is 1. The molecule has 5 rings (SSSR count). The highest BCUT2D eigenvalue weighted by atomic mass is 35.5. The van der Waals surface area contributed by atoms with Gasteiger partial charge < -0.3 is 10.1 Å². The summed E-state index contributed by atoms with van der Waals surface area (Å²) >= 11 is 6.27. The van der Waals surface area contributed by atoms with Gasteiger partial charge in [0, 0.05) is 42.6 Å². The molecule has 1 N–H and O–H groups in total. The molecule has 4 aromatic rings. The maximum absolute atomic E-state index is 13.2. The molecule has 0 spiro atoms. The monoisotopic (exact) mass is 480 g/mol.